The molecule has 2 atom stereocenters. The molecule has 26 heavy (non-hydrogen) atoms. The minimum atomic E-state index is -0.00193. The third-order valence-corrected chi connectivity index (χ3v) is 6.10. The first-order chi connectivity index (χ1) is 12.6. The van der Waals surface area contributed by atoms with Crippen LogP contribution < -0.4 is 0 Å². The van der Waals surface area contributed by atoms with Crippen molar-refractivity contribution in [3.8, 4) is 5.69 Å². The summed E-state index contributed by atoms with van der Waals surface area (Å²) in [6.07, 6.45) is 3.40. The Hall–Kier alpha value is -2.10. The SMILES string of the molecule is O=C(c1ccccc1)c1c2c(nn1-c1ccc(Cl)cc1Cl)C1CCC2C1. The first-order valence-electron chi connectivity index (χ1n) is 8.81. The molecule has 1 fully saturated rings. The second-order valence-electron chi connectivity index (χ2n) is 7.06. The molecule has 1 aromatic heterocycles. The molecule has 2 aromatic carbocycles. The largest absolute Gasteiger partial charge is 0.287 e. The number of aromatic nitrogens is 2. The second-order valence-corrected chi connectivity index (χ2v) is 7.90. The lowest BCUT2D eigenvalue weighted by Gasteiger charge is -2.13. The third kappa shape index (κ3) is 2.34. The molecule has 3 aromatic rings. The average molecular weight is 383 g/mol. The standard InChI is InChI=1S/C21H16Cl2N2O/c22-15-8-9-17(16(23)11-15)25-20(21(26)12-4-2-1-3-5-12)18-13-6-7-14(10-13)19(18)24-25/h1-5,8-9,11,13-14H,6-7,10H2. The number of hydrogen-bond donors (Lipinski definition) is 0. The van der Waals surface area contributed by atoms with Gasteiger partial charge in [0.05, 0.1) is 16.4 Å². The van der Waals surface area contributed by atoms with Crippen LogP contribution in [0.2, 0.25) is 10.0 Å². The fourth-order valence-electron chi connectivity index (χ4n) is 4.42. The van der Waals surface area contributed by atoms with Gasteiger partial charge in [-0.05, 0) is 43.4 Å². The molecule has 1 saturated carbocycles. The number of benzene rings is 2. The zero-order chi connectivity index (χ0) is 17.8. The van der Waals surface area contributed by atoms with Gasteiger partial charge in [-0.25, -0.2) is 4.68 Å². The van der Waals surface area contributed by atoms with Crippen molar-refractivity contribution in [2.75, 3.05) is 0 Å². The number of ketones is 1. The van der Waals surface area contributed by atoms with Gasteiger partial charge in [-0.15, -0.1) is 0 Å². The minimum absolute atomic E-state index is 0.00193. The van der Waals surface area contributed by atoms with Gasteiger partial charge in [-0.3, -0.25) is 4.79 Å². The molecule has 0 spiro atoms. The maximum atomic E-state index is 13.4. The van der Waals surface area contributed by atoms with Crippen molar-refractivity contribution in [2.45, 2.75) is 31.1 Å². The fraction of sp³-hybridized carbons (Fsp3) is 0.238. The van der Waals surface area contributed by atoms with E-state index in [0.29, 0.717) is 38.8 Å². The zero-order valence-electron chi connectivity index (χ0n) is 14.0. The molecule has 5 heteroatoms. The van der Waals surface area contributed by atoms with Crippen LogP contribution in [0.15, 0.2) is 48.5 Å². The first kappa shape index (κ1) is 16.1. The lowest BCUT2D eigenvalue weighted by Crippen LogP contribution is -2.13. The Bertz CT molecular complexity index is 1030. The van der Waals surface area contributed by atoms with Crippen LogP contribution in [0, 0.1) is 0 Å². The van der Waals surface area contributed by atoms with Crippen molar-refractivity contribution in [3.05, 3.63) is 81.1 Å². The summed E-state index contributed by atoms with van der Waals surface area (Å²) in [6.45, 7) is 0. The van der Waals surface area contributed by atoms with Crippen LogP contribution in [0.1, 0.15) is 58.4 Å². The smallest absolute Gasteiger partial charge is 0.211 e. The van der Waals surface area contributed by atoms with Gasteiger partial charge in [-0.2, -0.15) is 5.10 Å². The predicted molar refractivity (Wildman–Crippen MR) is 103 cm³/mol. The maximum absolute atomic E-state index is 13.4. The van der Waals surface area contributed by atoms with E-state index in [9.17, 15) is 4.79 Å². The van der Waals surface area contributed by atoms with Crippen LogP contribution in [0.5, 0.6) is 0 Å². The van der Waals surface area contributed by atoms with Crippen molar-refractivity contribution in [3.63, 3.8) is 0 Å². The molecule has 0 N–H and O–H groups in total. The average Bonchev–Trinajstić information content (AvgIpc) is 3.34. The molecule has 5 rings (SSSR count). The Morgan fingerprint density at radius 1 is 1.04 bits per heavy atom. The maximum Gasteiger partial charge on any atom is 0.211 e. The van der Waals surface area contributed by atoms with E-state index >= 15 is 0 Å². The molecule has 0 aliphatic heterocycles. The number of hydrogen-bond acceptors (Lipinski definition) is 2. The highest BCUT2D eigenvalue weighted by molar-refractivity contribution is 6.35. The fourth-order valence-corrected chi connectivity index (χ4v) is 4.90. The monoisotopic (exact) mass is 382 g/mol. The molecule has 1 heterocycles. The number of carbonyl (C=O) groups excluding carboxylic acids is 1. The van der Waals surface area contributed by atoms with Gasteiger partial charge >= 0.3 is 0 Å². The van der Waals surface area contributed by atoms with Crippen LogP contribution >= 0.6 is 23.2 Å². The van der Waals surface area contributed by atoms with Gasteiger partial charge in [0.25, 0.3) is 0 Å². The zero-order valence-corrected chi connectivity index (χ0v) is 15.5. The van der Waals surface area contributed by atoms with E-state index in [4.69, 9.17) is 28.3 Å². The quantitative estimate of drug-likeness (QED) is 0.538. The number of rotatable bonds is 3. The first-order valence-corrected chi connectivity index (χ1v) is 9.57. The molecule has 2 aliphatic rings. The Labute approximate surface area is 161 Å². The molecule has 2 bridgehead atoms. The summed E-state index contributed by atoms with van der Waals surface area (Å²) < 4.78 is 1.74. The Balaban J connectivity index is 1.74. The van der Waals surface area contributed by atoms with E-state index in [0.717, 1.165) is 30.5 Å². The van der Waals surface area contributed by atoms with Gasteiger partial charge in [-0.1, -0.05) is 53.5 Å². The van der Waals surface area contributed by atoms with Crippen LogP contribution in [0.3, 0.4) is 0 Å². The highest BCUT2D eigenvalue weighted by Gasteiger charge is 2.44. The van der Waals surface area contributed by atoms with Crippen LogP contribution in [0.4, 0.5) is 0 Å². The summed E-state index contributed by atoms with van der Waals surface area (Å²) >= 11 is 12.5. The van der Waals surface area contributed by atoms with Crippen molar-refractivity contribution < 1.29 is 4.79 Å². The minimum Gasteiger partial charge on any atom is -0.287 e. The van der Waals surface area contributed by atoms with Crippen molar-refractivity contribution in [1.82, 2.24) is 9.78 Å². The number of halogens is 2. The normalized spacial score (nSPS) is 20.4. The van der Waals surface area contributed by atoms with E-state index in [1.165, 1.54) is 0 Å². The summed E-state index contributed by atoms with van der Waals surface area (Å²) in [5, 5.41) is 5.91. The summed E-state index contributed by atoms with van der Waals surface area (Å²) in [4.78, 5) is 13.4. The topological polar surface area (TPSA) is 34.9 Å². The highest BCUT2D eigenvalue weighted by atomic mass is 35.5. The third-order valence-electron chi connectivity index (χ3n) is 5.57. The highest BCUT2D eigenvalue weighted by Crippen LogP contribution is 2.54. The number of carbonyl (C=O) groups is 1. The van der Waals surface area contributed by atoms with E-state index in [2.05, 4.69) is 0 Å². The summed E-state index contributed by atoms with van der Waals surface area (Å²) in [6, 6.07) is 14.7. The van der Waals surface area contributed by atoms with Crippen LogP contribution in [-0.4, -0.2) is 15.6 Å². The summed E-state index contributed by atoms with van der Waals surface area (Å²) in [5.74, 6) is 0.889. The van der Waals surface area contributed by atoms with Crippen molar-refractivity contribution in [2.24, 2.45) is 0 Å². The lowest BCUT2D eigenvalue weighted by molar-refractivity contribution is 0.103. The van der Waals surface area contributed by atoms with E-state index < -0.39 is 0 Å². The molecule has 0 radical (unpaired) electrons. The van der Waals surface area contributed by atoms with Crippen molar-refractivity contribution in [1.29, 1.82) is 0 Å². The molecule has 3 nitrogen and oxygen atoms in total. The van der Waals surface area contributed by atoms with E-state index in [-0.39, 0.29) is 5.78 Å². The summed E-state index contributed by atoms with van der Waals surface area (Å²) in [5.41, 5.74) is 4.23. The van der Waals surface area contributed by atoms with Crippen LogP contribution in [-0.2, 0) is 0 Å². The van der Waals surface area contributed by atoms with Crippen LogP contribution in [0.25, 0.3) is 5.69 Å². The molecular formula is C21H16Cl2N2O. The van der Waals surface area contributed by atoms with Gasteiger partial charge < -0.3 is 0 Å². The molecule has 2 unspecified atom stereocenters. The number of fused-ring (bicyclic) bond motifs is 5. The molecule has 2 aliphatic carbocycles. The van der Waals surface area contributed by atoms with Crippen molar-refractivity contribution >= 4 is 29.0 Å². The molecule has 130 valence electrons. The predicted octanol–water partition coefficient (Wildman–Crippen LogP) is 5.77. The molecule has 0 saturated heterocycles. The Kier molecular flexibility index (Phi) is 3.70. The molecular weight excluding hydrogens is 367 g/mol. The number of nitrogens with zero attached hydrogens (tertiary/aromatic N) is 2. The van der Waals surface area contributed by atoms with Gasteiger partial charge in [0, 0.05) is 22.1 Å². The van der Waals surface area contributed by atoms with Gasteiger partial charge in [0.15, 0.2) is 0 Å². The molecule has 0 amide bonds. The Morgan fingerprint density at radius 2 is 1.81 bits per heavy atom. The second kappa shape index (κ2) is 5.97. The lowest BCUT2D eigenvalue weighted by atomic mass is 9.93. The summed E-state index contributed by atoms with van der Waals surface area (Å²) in [7, 11) is 0. The van der Waals surface area contributed by atoms with Gasteiger partial charge in [0.2, 0.25) is 5.78 Å². The van der Waals surface area contributed by atoms with E-state index in [1.807, 2.05) is 36.4 Å². The Morgan fingerprint density at radius 3 is 2.58 bits per heavy atom. The van der Waals surface area contributed by atoms with E-state index in [1.54, 1.807) is 16.8 Å². The van der Waals surface area contributed by atoms with Gasteiger partial charge in [0.1, 0.15) is 5.69 Å².